The van der Waals surface area contributed by atoms with Crippen LogP contribution in [0.2, 0.25) is 0 Å². The molecule has 6 rings (SSSR count). The topological polar surface area (TPSA) is 94.1 Å². The molecule has 0 radical (unpaired) electrons. The number of hydrogen-bond donors (Lipinski definition) is 1. The van der Waals surface area contributed by atoms with Gasteiger partial charge in [-0.05, 0) is 30.7 Å². The summed E-state index contributed by atoms with van der Waals surface area (Å²) in [5.41, 5.74) is 3.42. The van der Waals surface area contributed by atoms with Crippen LogP contribution in [0.1, 0.15) is 12.8 Å². The van der Waals surface area contributed by atoms with E-state index in [9.17, 15) is 4.79 Å². The fourth-order valence-electron chi connectivity index (χ4n) is 4.34. The van der Waals surface area contributed by atoms with E-state index >= 15 is 0 Å². The highest BCUT2D eigenvalue weighted by molar-refractivity contribution is 5.94. The van der Waals surface area contributed by atoms with Crippen LogP contribution in [0.3, 0.4) is 0 Å². The smallest absolute Gasteiger partial charge is 0.231 e. The summed E-state index contributed by atoms with van der Waals surface area (Å²) in [5, 5.41) is 8.57. The molecule has 1 N–H and O–H groups in total. The minimum atomic E-state index is 0.0243. The van der Waals surface area contributed by atoms with Gasteiger partial charge in [-0.2, -0.15) is 0 Å². The Balaban J connectivity index is 1.32. The first-order valence-electron chi connectivity index (χ1n) is 10.9. The van der Waals surface area contributed by atoms with E-state index in [1.54, 1.807) is 16.8 Å². The van der Waals surface area contributed by atoms with Crippen molar-refractivity contribution in [3.63, 3.8) is 0 Å². The number of furan rings is 1. The number of hydrogen-bond acceptors (Lipinski definition) is 7. The molecular weight excluding hydrogens is 410 g/mol. The van der Waals surface area contributed by atoms with Gasteiger partial charge in [0.15, 0.2) is 11.4 Å². The monoisotopic (exact) mass is 433 g/mol. The highest BCUT2D eigenvalue weighted by Crippen LogP contribution is 2.34. The van der Waals surface area contributed by atoms with Gasteiger partial charge in [0.2, 0.25) is 11.8 Å². The number of carbonyl (C=O) groups excluding carboxylic acids is 1. The molecule has 9 heteroatoms. The molecule has 1 aromatic carbocycles. The number of aromatic nitrogens is 3. The van der Waals surface area contributed by atoms with Gasteiger partial charge in [0, 0.05) is 36.7 Å². The minimum Gasteiger partial charge on any atom is -0.474 e. The SMILES string of the molecule is O=C1CC[C@@H](COc2ccc3ncc(-c4cc5c(N6CCOCC6)cccc5o4)n3n2)N1. The molecule has 3 aromatic heterocycles. The quantitative estimate of drug-likeness (QED) is 0.517. The summed E-state index contributed by atoms with van der Waals surface area (Å²) in [4.78, 5) is 18.2. The van der Waals surface area contributed by atoms with Gasteiger partial charge in [-0.1, -0.05) is 6.07 Å². The van der Waals surface area contributed by atoms with E-state index in [4.69, 9.17) is 13.9 Å². The van der Waals surface area contributed by atoms with Crippen LogP contribution in [0.4, 0.5) is 5.69 Å². The Hall–Kier alpha value is -3.59. The first-order valence-corrected chi connectivity index (χ1v) is 10.9. The van der Waals surface area contributed by atoms with Crippen LogP contribution in [0.5, 0.6) is 5.88 Å². The molecule has 2 saturated heterocycles. The van der Waals surface area contributed by atoms with Crippen molar-refractivity contribution in [1.82, 2.24) is 19.9 Å². The summed E-state index contributed by atoms with van der Waals surface area (Å²) in [6.07, 6.45) is 3.09. The Morgan fingerprint density at radius 3 is 2.94 bits per heavy atom. The summed E-state index contributed by atoms with van der Waals surface area (Å²) in [7, 11) is 0. The van der Waals surface area contributed by atoms with Gasteiger partial charge in [0.25, 0.3) is 0 Å². The van der Waals surface area contributed by atoms with E-state index in [0.717, 1.165) is 55.1 Å². The van der Waals surface area contributed by atoms with Crippen LogP contribution in [0.25, 0.3) is 28.1 Å². The number of rotatable bonds is 5. The van der Waals surface area contributed by atoms with E-state index in [-0.39, 0.29) is 11.9 Å². The number of ether oxygens (including phenoxy) is 2. The summed E-state index contributed by atoms with van der Waals surface area (Å²) in [6.45, 7) is 3.57. The number of carbonyl (C=O) groups is 1. The van der Waals surface area contributed by atoms with Crippen molar-refractivity contribution in [3.8, 4) is 17.3 Å². The maximum atomic E-state index is 11.4. The highest BCUT2D eigenvalue weighted by atomic mass is 16.5. The maximum Gasteiger partial charge on any atom is 0.231 e. The van der Waals surface area contributed by atoms with Crippen LogP contribution >= 0.6 is 0 Å². The van der Waals surface area contributed by atoms with Crippen LogP contribution in [0, 0.1) is 0 Å². The van der Waals surface area contributed by atoms with Crippen molar-refractivity contribution >= 4 is 28.2 Å². The van der Waals surface area contributed by atoms with Crippen molar-refractivity contribution in [2.45, 2.75) is 18.9 Å². The predicted octanol–water partition coefficient (Wildman–Crippen LogP) is 2.64. The minimum absolute atomic E-state index is 0.0243. The Morgan fingerprint density at radius 2 is 2.09 bits per heavy atom. The van der Waals surface area contributed by atoms with E-state index in [1.807, 2.05) is 24.3 Å². The molecule has 5 heterocycles. The summed E-state index contributed by atoms with van der Waals surface area (Å²) in [5.74, 6) is 1.24. The van der Waals surface area contributed by atoms with Crippen LogP contribution in [-0.2, 0) is 9.53 Å². The van der Waals surface area contributed by atoms with Crippen molar-refractivity contribution in [3.05, 3.63) is 42.6 Å². The first-order chi connectivity index (χ1) is 15.7. The zero-order valence-corrected chi connectivity index (χ0v) is 17.5. The van der Waals surface area contributed by atoms with Crippen molar-refractivity contribution in [2.24, 2.45) is 0 Å². The molecule has 1 atom stereocenters. The maximum absolute atomic E-state index is 11.4. The van der Waals surface area contributed by atoms with Crippen LogP contribution in [-0.4, -0.2) is 59.5 Å². The van der Waals surface area contributed by atoms with E-state index < -0.39 is 0 Å². The molecule has 164 valence electrons. The van der Waals surface area contributed by atoms with E-state index in [1.165, 1.54) is 0 Å². The molecule has 4 aromatic rings. The van der Waals surface area contributed by atoms with Crippen LogP contribution < -0.4 is 15.0 Å². The molecule has 2 aliphatic rings. The standard InChI is InChI=1S/C23H23N5O4/c29-22-6-4-15(25-22)14-31-23-7-5-21-24-13-18(28(21)26-23)20-12-16-17(2-1-3-19(16)32-20)27-8-10-30-11-9-27/h1-3,5,7,12-13,15H,4,6,8-11,14H2,(H,25,29)/t15-/m0/s1. The molecular formula is C23H23N5O4. The molecule has 2 fully saturated rings. The average Bonchev–Trinajstić information content (AvgIpc) is 3.55. The normalized spacial score (nSPS) is 19.1. The van der Waals surface area contributed by atoms with Crippen molar-refractivity contribution < 1.29 is 18.7 Å². The Morgan fingerprint density at radius 1 is 1.19 bits per heavy atom. The second kappa shape index (κ2) is 7.83. The number of imidazole rings is 1. The van der Waals surface area contributed by atoms with Gasteiger partial charge in [0.1, 0.15) is 17.9 Å². The zero-order valence-electron chi connectivity index (χ0n) is 17.5. The summed E-state index contributed by atoms with van der Waals surface area (Å²) >= 11 is 0. The van der Waals surface area contributed by atoms with Gasteiger partial charge in [-0.3, -0.25) is 4.79 Å². The molecule has 0 aliphatic carbocycles. The fourth-order valence-corrected chi connectivity index (χ4v) is 4.34. The van der Waals surface area contributed by atoms with Gasteiger partial charge < -0.3 is 24.1 Å². The van der Waals surface area contributed by atoms with E-state index in [0.29, 0.717) is 30.3 Å². The lowest BCUT2D eigenvalue weighted by Crippen LogP contribution is -2.36. The zero-order chi connectivity index (χ0) is 21.5. The van der Waals surface area contributed by atoms with E-state index in [2.05, 4.69) is 26.4 Å². The third-order valence-corrected chi connectivity index (χ3v) is 6.00. The third-order valence-electron chi connectivity index (χ3n) is 6.00. The number of nitrogens with one attached hydrogen (secondary N) is 1. The Bertz CT molecular complexity index is 1290. The lowest BCUT2D eigenvalue weighted by molar-refractivity contribution is -0.119. The number of amides is 1. The van der Waals surface area contributed by atoms with Gasteiger partial charge in [0.05, 0.1) is 25.5 Å². The fraction of sp³-hybridized carbons (Fsp3) is 0.348. The largest absolute Gasteiger partial charge is 0.474 e. The number of benzene rings is 1. The first kappa shape index (κ1) is 19.1. The number of nitrogens with zero attached hydrogens (tertiary/aromatic N) is 4. The lowest BCUT2D eigenvalue weighted by atomic mass is 10.2. The van der Waals surface area contributed by atoms with Crippen LogP contribution in [0.15, 0.2) is 47.0 Å². The van der Waals surface area contributed by atoms with Gasteiger partial charge >= 0.3 is 0 Å². The Labute approximate surface area is 183 Å². The summed E-state index contributed by atoms with van der Waals surface area (Å²) in [6, 6.07) is 11.8. The summed E-state index contributed by atoms with van der Waals surface area (Å²) < 4.78 is 19.3. The highest BCUT2D eigenvalue weighted by Gasteiger charge is 2.22. The molecule has 2 aliphatic heterocycles. The predicted molar refractivity (Wildman–Crippen MR) is 118 cm³/mol. The second-order valence-electron chi connectivity index (χ2n) is 8.10. The number of morpholine rings is 1. The lowest BCUT2D eigenvalue weighted by Gasteiger charge is -2.29. The van der Waals surface area contributed by atoms with Crippen molar-refractivity contribution in [1.29, 1.82) is 0 Å². The number of fused-ring (bicyclic) bond motifs is 2. The molecule has 32 heavy (non-hydrogen) atoms. The third kappa shape index (κ3) is 3.44. The Kier molecular flexibility index (Phi) is 4.68. The average molecular weight is 433 g/mol. The molecule has 9 nitrogen and oxygen atoms in total. The molecule has 1 amide bonds. The van der Waals surface area contributed by atoms with Crippen molar-refractivity contribution in [2.75, 3.05) is 37.8 Å². The molecule has 0 bridgehead atoms. The molecule has 0 spiro atoms. The second-order valence-corrected chi connectivity index (χ2v) is 8.10. The van der Waals surface area contributed by atoms with Gasteiger partial charge in [-0.15, -0.1) is 5.10 Å². The molecule has 0 saturated carbocycles. The molecule has 0 unspecified atom stereocenters. The number of anilines is 1. The van der Waals surface area contributed by atoms with Gasteiger partial charge in [-0.25, -0.2) is 9.50 Å².